The zero-order valence-corrected chi connectivity index (χ0v) is 10.8. The van der Waals surface area contributed by atoms with Crippen molar-refractivity contribution in [3.8, 4) is 6.07 Å². The lowest BCUT2D eigenvalue weighted by atomic mass is 10.1. The molecule has 1 rings (SSSR count). The van der Waals surface area contributed by atoms with Crippen LogP contribution in [0.2, 0.25) is 0 Å². The average molecular weight is 247 g/mol. The Hall–Kier alpha value is -2.16. The van der Waals surface area contributed by atoms with Crippen molar-refractivity contribution >= 4 is 11.7 Å². The van der Waals surface area contributed by atoms with E-state index >= 15 is 0 Å². The second-order valence-electron chi connectivity index (χ2n) is 4.87. The second kappa shape index (κ2) is 5.96. The minimum Gasteiger partial charge on any atom is -0.368 e. The first-order valence-electron chi connectivity index (χ1n) is 5.68. The summed E-state index contributed by atoms with van der Waals surface area (Å²) in [5.74, 6) is 0.536. The molecule has 1 aromatic rings. The Morgan fingerprint density at radius 3 is 2.61 bits per heavy atom. The highest BCUT2D eigenvalue weighted by atomic mass is 16.1. The van der Waals surface area contributed by atoms with Crippen LogP contribution in [0.1, 0.15) is 32.9 Å². The van der Waals surface area contributed by atoms with E-state index in [9.17, 15) is 4.79 Å². The van der Waals surface area contributed by atoms with Crippen molar-refractivity contribution in [2.75, 3.05) is 11.9 Å². The molecule has 0 unspecified atom stereocenters. The van der Waals surface area contributed by atoms with E-state index in [-0.39, 0.29) is 17.1 Å². The van der Waals surface area contributed by atoms with Crippen LogP contribution >= 0.6 is 0 Å². The largest absolute Gasteiger partial charge is 0.368 e. The third-order valence-electron chi connectivity index (χ3n) is 1.94. The van der Waals surface area contributed by atoms with E-state index in [0.29, 0.717) is 18.8 Å². The Morgan fingerprint density at radius 2 is 2.11 bits per heavy atom. The molecule has 0 bridgehead atoms. The fraction of sp³-hybridized carbons (Fsp3) is 0.500. The highest BCUT2D eigenvalue weighted by Crippen LogP contribution is 2.02. The van der Waals surface area contributed by atoms with Crippen molar-refractivity contribution < 1.29 is 4.79 Å². The lowest BCUT2D eigenvalue weighted by molar-refractivity contribution is -0.122. The van der Waals surface area contributed by atoms with Gasteiger partial charge in [0.2, 0.25) is 5.91 Å². The van der Waals surface area contributed by atoms with E-state index in [0.717, 1.165) is 0 Å². The molecule has 96 valence electrons. The molecule has 0 aliphatic heterocycles. The van der Waals surface area contributed by atoms with Crippen LogP contribution in [0.25, 0.3) is 0 Å². The molecule has 2 N–H and O–H groups in total. The molecule has 0 aliphatic carbocycles. The second-order valence-corrected chi connectivity index (χ2v) is 4.87. The number of nitriles is 1. The molecule has 6 nitrogen and oxygen atoms in total. The summed E-state index contributed by atoms with van der Waals surface area (Å²) in [5.41, 5.74) is 0.0525. The van der Waals surface area contributed by atoms with E-state index in [1.165, 1.54) is 12.4 Å². The molecule has 1 heterocycles. The van der Waals surface area contributed by atoms with Crippen LogP contribution in [0.15, 0.2) is 12.4 Å². The van der Waals surface area contributed by atoms with Gasteiger partial charge in [-0.15, -0.1) is 0 Å². The Kier molecular flexibility index (Phi) is 4.60. The van der Waals surface area contributed by atoms with Crippen LogP contribution in [0.4, 0.5) is 5.82 Å². The maximum Gasteiger partial charge on any atom is 0.222 e. The number of hydrogen-bond donors (Lipinski definition) is 2. The summed E-state index contributed by atoms with van der Waals surface area (Å²) in [5, 5.41) is 14.4. The molecule has 0 radical (unpaired) electrons. The molecule has 0 atom stereocenters. The predicted molar refractivity (Wildman–Crippen MR) is 67.7 cm³/mol. The van der Waals surface area contributed by atoms with E-state index in [2.05, 4.69) is 20.6 Å². The van der Waals surface area contributed by atoms with Gasteiger partial charge in [0.05, 0.1) is 12.4 Å². The van der Waals surface area contributed by atoms with E-state index in [4.69, 9.17) is 5.26 Å². The lowest BCUT2D eigenvalue weighted by Crippen LogP contribution is -2.41. The number of carbonyl (C=O) groups is 1. The lowest BCUT2D eigenvalue weighted by Gasteiger charge is -2.20. The number of amides is 1. The van der Waals surface area contributed by atoms with Crippen molar-refractivity contribution in [2.45, 2.75) is 32.7 Å². The maximum absolute atomic E-state index is 11.5. The monoisotopic (exact) mass is 247 g/mol. The van der Waals surface area contributed by atoms with Gasteiger partial charge < -0.3 is 10.6 Å². The first-order chi connectivity index (χ1) is 8.40. The van der Waals surface area contributed by atoms with Crippen LogP contribution in [0.3, 0.4) is 0 Å². The minimum atomic E-state index is -0.217. The molecular formula is C12H17N5O. The molecule has 0 aromatic carbocycles. The topological polar surface area (TPSA) is 90.7 Å². The number of hydrogen-bond acceptors (Lipinski definition) is 5. The molecule has 0 saturated carbocycles. The van der Waals surface area contributed by atoms with Crippen molar-refractivity contribution in [3.63, 3.8) is 0 Å². The SMILES string of the molecule is CC(C)(C)NC(=O)CCNc1cnc(C#N)cn1. The predicted octanol–water partition coefficient (Wildman–Crippen LogP) is 1.06. The third-order valence-corrected chi connectivity index (χ3v) is 1.94. The molecule has 6 heteroatoms. The van der Waals surface area contributed by atoms with E-state index < -0.39 is 0 Å². The summed E-state index contributed by atoms with van der Waals surface area (Å²) in [4.78, 5) is 19.4. The van der Waals surface area contributed by atoms with Crippen LogP contribution in [-0.2, 0) is 4.79 Å². The van der Waals surface area contributed by atoms with Gasteiger partial charge in [0.25, 0.3) is 0 Å². The fourth-order valence-corrected chi connectivity index (χ4v) is 1.26. The zero-order chi connectivity index (χ0) is 13.6. The molecule has 0 aliphatic rings. The summed E-state index contributed by atoms with van der Waals surface area (Å²) in [6.45, 7) is 6.28. The molecule has 1 aromatic heterocycles. The molecule has 0 saturated heterocycles. The highest BCUT2D eigenvalue weighted by molar-refractivity contribution is 5.77. The summed E-state index contributed by atoms with van der Waals surface area (Å²) < 4.78 is 0. The van der Waals surface area contributed by atoms with Gasteiger partial charge in [-0.05, 0) is 20.8 Å². The first kappa shape index (κ1) is 13.9. The van der Waals surface area contributed by atoms with Crippen molar-refractivity contribution in [1.29, 1.82) is 5.26 Å². The first-order valence-corrected chi connectivity index (χ1v) is 5.68. The zero-order valence-electron chi connectivity index (χ0n) is 10.8. The summed E-state index contributed by atoms with van der Waals surface area (Å²) in [6, 6.07) is 1.89. The quantitative estimate of drug-likeness (QED) is 0.830. The average Bonchev–Trinajstić information content (AvgIpc) is 2.27. The van der Waals surface area contributed by atoms with Crippen LogP contribution < -0.4 is 10.6 Å². The molecular weight excluding hydrogens is 230 g/mol. The fourth-order valence-electron chi connectivity index (χ4n) is 1.26. The molecule has 1 amide bonds. The van der Waals surface area contributed by atoms with Gasteiger partial charge in [-0.3, -0.25) is 4.79 Å². The van der Waals surface area contributed by atoms with Gasteiger partial charge in [0.1, 0.15) is 11.9 Å². The van der Waals surface area contributed by atoms with Crippen LogP contribution in [-0.4, -0.2) is 28.0 Å². The minimum absolute atomic E-state index is 0.0170. The Balaban J connectivity index is 2.33. The van der Waals surface area contributed by atoms with Crippen LogP contribution in [0.5, 0.6) is 0 Å². The number of nitrogens with one attached hydrogen (secondary N) is 2. The standard InChI is InChI=1S/C12H17N5O/c1-12(2,3)17-11(18)4-5-14-10-8-15-9(6-13)7-16-10/h7-8H,4-5H2,1-3H3,(H,14,16)(H,17,18). The Labute approximate surface area is 106 Å². The number of nitrogens with zero attached hydrogens (tertiary/aromatic N) is 3. The smallest absolute Gasteiger partial charge is 0.222 e. The van der Waals surface area contributed by atoms with Crippen molar-refractivity contribution in [3.05, 3.63) is 18.1 Å². The van der Waals surface area contributed by atoms with E-state index in [1.54, 1.807) is 0 Å². The number of aromatic nitrogens is 2. The maximum atomic E-state index is 11.5. The summed E-state index contributed by atoms with van der Waals surface area (Å²) >= 11 is 0. The van der Waals surface area contributed by atoms with Crippen molar-refractivity contribution in [1.82, 2.24) is 15.3 Å². The Morgan fingerprint density at radius 1 is 1.39 bits per heavy atom. The highest BCUT2D eigenvalue weighted by Gasteiger charge is 2.12. The number of carbonyl (C=O) groups excluding carboxylic acids is 1. The van der Waals surface area contributed by atoms with E-state index in [1.807, 2.05) is 26.8 Å². The molecule has 0 fully saturated rings. The van der Waals surface area contributed by atoms with Gasteiger partial charge in [0.15, 0.2) is 5.69 Å². The normalized spacial score (nSPS) is 10.6. The van der Waals surface area contributed by atoms with Gasteiger partial charge >= 0.3 is 0 Å². The number of anilines is 1. The van der Waals surface area contributed by atoms with Gasteiger partial charge in [0, 0.05) is 18.5 Å². The van der Waals surface area contributed by atoms with Crippen molar-refractivity contribution in [2.24, 2.45) is 0 Å². The molecule has 0 spiro atoms. The van der Waals surface area contributed by atoms with Gasteiger partial charge in [-0.1, -0.05) is 0 Å². The summed E-state index contributed by atoms with van der Waals surface area (Å²) in [6.07, 6.45) is 3.22. The Bertz CT molecular complexity index is 441. The van der Waals surface area contributed by atoms with Gasteiger partial charge in [-0.2, -0.15) is 5.26 Å². The molecule has 18 heavy (non-hydrogen) atoms. The van der Waals surface area contributed by atoms with Gasteiger partial charge in [-0.25, -0.2) is 9.97 Å². The number of rotatable bonds is 4. The summed E-state index contributed by atoms with van der Waals surface area (Å²) in [7, 11) is 0. The van der Waals surface area contributed by atoms with Crippen LogP contribution in [0, 0.1) is 11.3 Å². The third kappa shape index (κ3) is 5.25.